The first-order chi connectivity index (χ1) is 61.5. The van der Waals surface area contributed by atoms with Crippen LogP contribution in [0.2, 0.25) is 0 Å². The van der Waals surface area contributed by atoms with Gasteiger partial charge in [-0.15, -0.1) is 0 Å². The Bertz CT molecular complexity index is 6340. The molecule has 1 saturated carbocycles. The van der Waals surface area contributed by atoms with Crippen LogP contribution >= 0.6 is 0 Å². The minimum atomic E-state index is -2.89. The van der Waals surface area contributed by atoms with Crippen molar-refractivity contribution in [1.82, 2.24) is 123 Å². The van der Waals surface area contributed by atoms with Gasteiger partial charge < -0.3 is 46.8 Å². The third-order valence-corrected chi connectivity index (χ3v) is 23.4. The van der Waals surface area contributed by atoms with Crippen LogP contribution in [-0.4, -0.2) is 246 Å². The first-order valence-electron chi connectivity index (χ1n) is 41.4. The average molecular weight is 1730 g/mol. The van der Waals surface area contributed by atoms with E-state index >= 15 is 0 Å². The van der Waals surface area contributed by atoms with E-state index in [1.807, 2.05) is 228 Å². The Morgan fingerprint density at radius 3 is 0.874 bits per heavy atom. The number of nitrogens with one attached hydrogen (secondary N) is 4. The summed E-state index contributed by atoms with van der Waals surface area (Å²) in [7, 11) is 12.1. The molecule has 2 aliphatic rings. The molecule has 13 heterocycles. The molecule has 12 aromatic heterocycles. The highest BCUT2D eigenvalue weighted by Gasteiger charge is 2.37. The van der Waals surface area contributed by atoms with Crippen LogP contribution < -0.4 is 21.3 Å². The molecule has 16 aromatic rings. The van der Waals surface area contributed by atoms with Crippen LogP contribution in [0, 0.1) is 5.41 Å². The number of aromatic nitrogens is 24. The van der Waals surface area contributed by atoms with Crippen LogP contribution in [0.25, 0.3) is 135 Å². The minimum Gasteiger partial charge on any atom is -0.396 e. The molecule has 0 amide bonds. The lowest BCUT2D eigenvalue weighted by Crippen LogP contribution is -2.42. The van der Waals surface area contributed by atoms with Crippen molar-refractivity contribution in [1.29, 1.82) is 0 Å². The smallest absolute Gasteiger partial charge is 0.161 e. The number of aliphatic hydroxyl groups is 5. The van der Waals surface area contributed by atoms with Gasteiger partial charge in [0.25, 0.3) is 0 Å². The molecule has 0 spiro atoms. The van der Waals surface area contributed by atoms with Crippen molar-refractivity contribution in [2.24, 2.45) is 61.8 Å². The fraction of sp³-hybridized carbons (Fsp3) is 0.289. The summed E-state index contributed by atoms with van der Waals surface area (Å²) in [6.07, 6.45) is 38.5. The van der Waals surface area contributed by atoms with Crippen LogP contribution in [-0.2, 0) is 66.2 Å². The highest BCUT2D eigenvalue weighted by Crippen LogP contribution is 2.42. The maximum atomic E-state index is 11.7. The summed E-state index contributed by atoms with van der Waals surface area (Å²) in [6, 6.07) is 32.1. The van der Waals surface area contributed by atoms with Crippen molar-refractivity contribution in [3.05, 3.63) is 221 Å². The molecule has 1 aliphatic carbocycles. The van der Waals surface area contributed by atoms with Crippen molar-refractivity contribution >= 4 is 33.1 Å². The van der Waals surface area contributed by atoms with Gasteiger partial charge >= 0.3 is 0 Å². The molecule has 1 saturated heterocycles. The molecule has 2 atom stereocenters. The first kappa shape index (κ1) is 87.7. The van der Waals surface area contributed by atoms with E-state index < -0.39 is 22.0 Å². The molecule has 0 unspecified atom stereocenters. The van der Waals surface area contributed by atoms with Gasteiger partial charge in [-0.05, 0) is 59.4 Å². The van der Waals surface area contributed by atoms with Crippen LogP contribution in [0.4, 0.5) is 23.3 Å². The predicted octanol–water partition coefficient (Wildman–Crippen LogP) is 9.03. The lowest BCUT2D eigenvalue weighted by Gasteiger charge is -2.40. The zero-order chi connectivity index (χ0) is 88.7. The Morgan fingerprint density at radius 2 is 0.622 bits per heavy atom. The Kier molecular flexibility index (Phi) is 27.4. The number of sulfone groups is 1. The monoisotopic (exact) mass is 1730 g/mol. The normalized spacial score (nSPS) is 13.8. The molecule has 1 aliphatic heterocycles. The number of hydrogen-bond acceptors (Lipinski definition) is 28. The third kappa shape index (κ3) is 22.1. The van der Waals surface area contributed by atoms with Gasteiger partial charge in [-0.2, -0.15) is 40.8 Å². The maximum Gasteiger partial charge on any atom is 0.161 e. The summed E-state index contributed by atoms with van der Waals surface area (Å²) in [6.45, 7) is 3.03. The van der Waals surface area contributed by atoms with Crippen molar-refractivity contribution < 1.29 is 34.0 Å². The van der Waals surface area contributed by atoms with Crippen molar-refractivity contribution in [3.63, 3.8) is 0 Å². The second-order valence-electron chi connectivity index (χ2n) is 31.6. The van der Waals surface area contributed by atoms with E-state index in [1.165, 1.54) is 0 Å². The fourth-order valence-corrected chi connectivity index (χ4v) is 15.8. The van der Waals surface area contributed by atoms with E-state index in [-0.39, 0.29) is 49.8 Å². The topological polar surface area (TPSA) is 432 Å². The molecule has 0 bridgehead atoms. The highest BCUT2D eigenvalue weighted by atomic mass is 32.2. The maximum absolute atomic E-state index is 11.7. The van der Waals surface area contributed by atoms with E-state index in [0.717, 1.165) is 149 Å². The Labute approximate surface area is 733 Å². The number of aryl methyl sites for hydroxylation is 8. The standard InChI is InChI=1S/C24H28N8O2S.C24H27N7O.2C21H23N7O2/c1-30-16-20(13-27-30)18-4-3-5-19(12-18)23-26-15-22(21-14-28-31(2)17-21)24(29-23)25-6-7-32-8-10-35(33,34)11-9-32;1-30-13-19(10-27-30)17-5-3-6-18(9-17)22-25-12-21(20-11-28-31(2)14-20)23(29-22)26-15-24(16-32)7-4-8-24;2*1-27-11-16(7-24-27)14-4-3-5-15(6-14)20-23-10-19(17-8-25-28(2)12-17)21(26-20)22-9-18(30)13-29/h3-5,12-17H,6-11H2,1-2H3,(H,25,26,29);3,5-6,9-14,32H,4,7-8,15-16H2,1-2H3,(H,25,26,29);2*3-8,10-12,18,29-30H,9,13H2,1-2H3,(H,22,23,26)/t;;2*18-/m..10/s1. The van der Waals surface area contributed by atoms with Crippen LogP contribution in [0.15, 0.2) is 221 Å². The number of nitrogens with zero attached hydrogens (tertiary/aromatic N) is 25. The van der Waals surface area contributed by atoms with Gasteiger partial charge in [-0.25, -0.2) is 48.3 Å². The van der Waals surface area contributed by atoms with Crippen molar-refractivity contribution in [3.8, 4) is 135 Å². The average Bonchev–Trinajstić information content (AvgIpc) is 1.79. The van der Waals surface area contributed by atoms with E-state index in [0.29, 0.717) is 61.1 Å². The molecule has 127 heavy (non-hydrogen) atoms. The number of rotatable bonds is 28. The number of aliphatic hydroxyl groups excluding tert-OH is 5. The van der Waals surface area contributed by atoms with E-state index in [1.54, 1.807) is 68.4 Å². The molecule has 37 heteroatoms. The van der Waals surface area contributed by atoms with E-state index in [9.17, 15) is 23.7 Å². The second kappa shape index (κ2) is 39.8. The first-order valence-corrected chi connectivity index (χ1v) is 43.2. The summed E-state index contributed by atoms with van der Waals surface area (Å²) in [4.78, 5) is 39.8. The Hall–Kier alpha value is -14.2. The molecule has 4 aromatic carbocycles. The zero-order valence-corrected chi connectivity index (χ0v) is 72.5. The number of benzene rings is 4. The SMILES string of the molecule is Cn1cc(-c2cccc(-c3ncc(-c4cnn(C)c4)c(NCC4(CO)CCC4)n3)c2)cn1.Cn1cc(-c2cccc(-c3ncc(-c4cnn(C)c4)c(NCCN4CCS(=O)(=O)CC4)n3)c2)cn1.Cn1cc(-c2cccc(-c3ncc(-c4cnn(C)c4)c(NC[C@@H](O)CO)n3)c2)cn1.Cn1cc(-c2cccc(-c3ncc(-c4cnn(C)c4)c(NC[C@H](O)CO)n3)c2)cn1. The summed E-state index contributed by atoms with van der Waals surface area (Å²) < 4.78 is 37.4. The quantitative estimate of drug-likeness (QED) is 0.0221. The number of anilines is 4. The molecule has 18 rings (SSSR count). The van der Waals surface area contributed by atoms with E-state index in [4.69, 9.17) is 30.1 Å². The Morgan fingerprint density at radius 1 is 0.354 bits per heavy atom. The molecule has 2 fully saturated rings. The van der Waals surface area contributed by atoms with Gasteiger partial charge in [0.2, 0.25) is 0 Å². The zero-order valence-electron chi connectivity index (χ0n) is 71.7. The largest absolute Gasteiger partial charge is 0.396 e. The van der Waals surface area contributed by atoms with Gasteiger partial charge in [0.15, 0.2) is 33.1 Å². The van der Waals surface area contributed by atoms with Gasteiger partial charge in [0.1, 0.15) is 23.3 Å². The minimum absolute atomic E-state index is 0.0580. The van der Waals surface area contributed by atoms with Crippen LogP contribution in [0.3, 0.4) is 0 Å². The van der Waals surface area contributed by atoms with Gasteiger partial charge in [-0.1, -0.05) is 79.2 Å². The third-order valence-electron chi connectivity index (χ3n) is 21.8. The van der Waals surface area contributed by atoms with Crippen LogP contribution in [0.5, 0.6) is 0 Å². The summed E-state index contributed by atoms with van der Waals surface area (Å²) in [5.74, 6) is 5.42. The molecule has 654 valence electrons. The summed E-state index contributed by atoms with van der Waals surface area (Å²) >= 11 is 0. The molecule has 0 radical (unpaired) electrons. The highest BCUT2D eigenvalue weighted by molar-refractivity contribution is 7.91. The van der Waals surface area contributed by atoms with Crippen LogP contribution in [0.1, 0.15) is 19.3 Å². The molecule has 9 N–H and O–H groups in total. The number of hydrogen-bond donors (Lipinski definition) is 9. The van der Waals surface area contributed by atoms with Gasteiger partial charge in [0, 0.05) is 271 Å². The predicted molar refractivity (Wildman–Crippen MR) is 486 cm³/mol. The van der Waals surface area contributed by atoms with Crippen molar-refractivity contribution in [2.75, 3.05) is 98.4 Å². The summed E-state index contributed by atoms with van der Waals surface area (Å²) in [5.41, 5.74) is 18.7. The Balaban J connectivity index is 0.000000131. The molecular formula is C90H101N29O7S. The lowest BCUT2D eigenvalue weighted by molar-refractivity contribution is 0.0576. The van der Waals surface area contributed by atoms with Gasteiger partial charge in [-0.3, -0.25) is 42.4 Å². The fourth-order valence-electron chi connectivity index (χ4n) is 14.5. The summed E-state index contributed by atoms with van der Waals surface area (Å²) in [5, 5.41) is 94.9. The van der Waals surface area contributed by atoms with Crippen molar-refractivity contribution in [2.45, 2.75) is 31.5 Å². The van der Waals surface area contributed by atoms with E-state index in [2.05, 4.69) is 105 Å². The second-order valence-corrected chi connectivity index (χ2v) is 33.9. The molecular weight excluding hydrogens is 1630 g/mol. The van der Waals surface area contributed by atoms with Gasteiger partial charge in [0.05, 0.1) is 93.1 Å². The lowest BCUT2D eigenvalue weighted by atomic mass is 9.69. The molecule has 36 nitrogen and oxygen atoms in total.